The lowest BCUT2D eigenvalue weighted by molar-refractivity contribution is 0.281. The highest BCUT2D eigenvalue weighted by atomic mass is 14.4. The molecule has 7 unspecified atom stereocenters. The molecule has 0 spiro atoms. The molecule has 7 atom stereocenters. The Bertz CT molecular complexity index is 1450. The SMILES string of the molecule is N=CCC/C=C/c1ccc(C2CCC(C3CC=C(C4=CC5CCC=CC5C5C=CC=CC45)CC3)=C3C=CC=CC32)cc1. The van der Waals surface area contributed by atoms with Crippen molar-refractivity contribution in [1.82, 2.24) is 0 Å². The molecule has 0 radical (unpaired) electrons. The summed E-state index contributed by atoms with van der Waals surface area (Å²) < 4.78 is 0. The quantitative estimate of drug-likeness (QED) is 0.198. The monoisotopic (exact) mass is 551 g/mol. The molecule has 0 heterocycles. The maximum Gasteiger partial charge on any atom is 0.00896 e. The largest absolute Gasteiger partial charge is 0.313 e. The minimum absolute atomic E-state index is 0.496. The number of fused-ring (bicyclic) bond motifs is 4. The van der Waals surface area contributed by atoms with E-state index in [4.69, 9.17) is 5.41 Å². The van der Waals surface area contributed by atoms with E-state index in [1.54, 1.807) is 22.3 Å². The summed E-state index contributed by atoms with van der Waals surface area (Å²) in [6, 6.07) is 9.27. The van der Waals surface area contributed by atoms with Crippen molar-refractivity contribution < 1.29 is 0 Å². The summed E-state index contributed by atoms with van der Waals surface area (Å²) in [7, 11) is 0. The zero-order valence-corrected chi connectivity index (χ0v) is 24.9. The number of benzene rings is 1. The van der Waals surface area contributed by atoms with E-state index in [1.165, 1.54) is 62.3 Å². The minimum Gasteiger partial charge on any atom is -0.313 e. The topological polar surface area (TPSA) is 23.9 Å². The van der Waals surface area contributed by atoms with Crippen molar-refractivity contribution in [1.29, 1.82) is 5.41 Å². The standard InChI is InChI=1S/C41H45N/c42-27-9-1-2-10-29-17-19-30(20-18-29)35-25-26-36(39-15-6-5-14-38(35)39)31-21-23-32(24-22-31)41-28-33-11-3-4-12-34(33)37-13-7-8-16-40(37)41/h2,4-8,10,12-20,23,27-28,31,33-35,37-38,40,42H,1,3,9,11,21-22,24-26H2/b10-2+,42-27?. The van der Waals surface area contributed by atoms with E-state index >= 15 is 0 Å². The van der Waals surface area contributed by atoms with Gasteiger partial charge in [-0.2, -0.15) is 0 Å². The number of nitrogens with one attached hydrogen (secondary N) is 1. The molecule has 42 heavy (non-hydrogen) atoms. The number of hydrogen-bond acceptors (Lipinski definition) is 1. The van der Waals surface area contributed by atoms with Gasteiger partial charge in [0.1, 0.15) is 0 Å². The van der Waals surface area contributed by atoms with Crippen molar-refractivity contribution in [2.24, 2.45) is 35.5 Å². The molecule has 1 heteroatoms. The van der Waals surface area contributed by atoms with Gasteiger partial charge in [-0.25, -0.2) is 0 Å². The van der Waals surface area contributed by atoms with Gasteiger partial charge >= 0.3 is 0 Å². The Hall–Kier alpha value is -3.45. The van der Waals surface area contributed by atoms with Gasteiger partial charge in [0.25, 0.3) is 0 Å². The molecule has 1 N–H and O–H groups in total. The van der Waals surface area contributed by atoms with Gasteiger partial charge in [-0.3, -0.25) is 0 Å². The zero-order chi connectivity index (χ0) is 28.3. The van der Waals surface area contributed by atoms with Crippen LogP contribution < -0.4 is 0 Å². The van der Waals surface area contributed by atoms with Crippen LogP contribution in [0.2, 0.25) is 0 Å². The van der Waals surface area contributed by atoms with Gasteiger partial charge in [0.15, 0.2) is 0 Å². The lowest BCUT2D eigenvalue weighted by atomic mass is 9.61. The van der Waals surface area contributed by atoms with Crippen molar-refractivity contribution in [3.05, 3.63) is 137 Å². The van der Waals surface area contributed by atoms with Gasteiger partial charge in [-0.1, -0.05) is 115 Å². The molecule has 6 aliphatic rings. The van der Waals surface area contributed by atoms with E-state index in [-0.39, 0.29) is 0 Å². The molecule has 0 fully saturated rings. The second-order valence-corrected chi connectivity index (χ2v) is 13.2. The Morgan fingerprint density at radius 1 is 0.810 bits per heavy atom. The van der Waals surface area contributed by atoms with Gasteiger partial charge in [0.2, 0.25) is 0 Å². The van der Waals surface area contributed by atoms with Crippen LogP contribution in [0.3, 0.4) is 0 Å². The van der Waals surface area contributed by atoms with Crippen molar-refractivity contribution in [3.8, 4) is 0 Å². The highest BCUT2D eigenvalue weighted by Gasteiger charge is 2.40. The van der Waals surface area contributed by atoms with Crippen LogP contribution >= 0.6 is 0 Å². The van der Waals surface area contributed by atoms with Crippen molar-refractivity contribution in [2.75, 3.05) is 0 Å². The number of hydrogen-bond donors (Lipinski definition) is 1. The molecule has 0 aliphatic heterocycles. The van der Waals surface area contributed by atoms with Crippen LogP contribution in [0.25, 0.3) is 6.08 Å². The van der Waals surface area contributed by atoms with E-state index in [2.05, 4.69) is 109 Å². The summed E-state index contributed by atoms with van der Waals surface area (Å²) in [4.78, 5) is 0. The molecule has 1 nitrogen and oxygen atoms in total. The van der Waals surface area contributed by atoms with Gasteiger partial charge in [-0.15, -0.1) is 0 Å². The van der Waals surface area contributed by atoms with Gasteiger partial charge in [0, 0.05) is 11.8 Å². The van der Waals surface area contributed by atoms with E-state index in [9.17, 15) is 0 Å². The smallest absolute Gasteiger partial charge is 0.00896 e. The van der Waals surface area contributed by atoms with Crippen LogP contribution in [-0.2, 0) is 0 Å². The molecular weight excluding hydrogens is 506 g/mol. The number of allylic oxidation sites excluding steroid dienone is 17. The lowest BCUT2D eigenvalue weighted by Crippen LogP contribution is -2.34. The predicted molar refractivity (Wildman–Crippen MR) is 178 cm³/mol. The van der Waals surface area contributed by atoms with Crippen LogP contribution in [0.1, 0.15) is 74.8 Å². The van der Waals surface area contributed by atoms with Crippen LogP contribution in [-0.4, -0.2) is 6.21 Å². The Morgan fingerprint density at radius 3 is 2.52 bits per heavy atom. The summed E-state index contributed by atoms with van der Waals surface area (Å²) in [6.07, 6.45) is 45.7. The van der Waals surface area contributed by atoms with Crippen LogP contribution in [0.4, 0.5) is 0 Å². The fourth-order valence-corrected chi connectivity index (χ4v) is 8.80. The molecule has 0 bridgehead atoms. The average molecular weight is 552 g/mol. The fraction of sp³-hybridized carbons (Fsp3) is 0.390. The summed E-state index contributed by atoms with van der Waals surface area (Å²) in [6.45, 7) is 0. The first kappa shape index (κ1) is 27.4. The van der Waals surface area contributed by atoms with Crippen LogP contribution in [0, 0.1) is 40.9 Å². The van der Waals surface area contributed by atoms with Crippen molar-refractivity contribution >= 4 is 12.3 Å². The summed E-state index contributed by atoms with van der Waals surface area (Å²) in [5.74, 6) is 4.31. The summed E-state index contributed by atoms with van der Waals surface area (Å²) >= 11 is 0. The third-order valence-corrected chi connectivity index (χ3v) is 10.9. The average Bonchev–Trinajstić information content (AvgIpc) is 3.06. The molecule has 0 aromatic heterocycles. The summed E-state index contributed by atoms with van der Waals surface area (Å²) in [5, 5.41) is 7.21. The summed E-state index contributed by atoms with van der Waals surface area (Å²) in [5.41, 5.74) is 9.39. The predicted octanol–water partition coefficient (Wildman–Crippen LogP) is 10.7. The van der Waals surface area contributed by atoms with Crippen molar-refractivity contribution in [2.45, 2.75) is 63.7 Å². The molecular formula is C41H45N. The Morgan fingerprint density at radius 2 is 1.67 bits per heavy atom. The molecule has 0 saturated carbocycles. The normalized spacial score (nSPS) is 33.2. The third kappa shape index (κ3) is 5.39. The van der Waals surface area contributed by atoms with E-state index in [0.29, 0.717) is 41.4 Å². The number of rotatable bonds is 7. The maximum atomic E-state index is 7.21. The molecule has 6 aliphatic carbocycles. The maximum absolute atomic E-state index is 7.21. The highest BCUT2D eigenvalue weighted by molar-refractivity contribution is 5.55. The second kappa shape index (κ2) is 12.4. The van der Waals surface area contributed by atoms with E-state index in [0.717, 1.165) is 12.8 Å². The van der Waals surface area contributed by atoms with Crippen molar-refractivity contribution in [3.63, 3.8) is 0 Å². The van der Waals surface area contributed by atoms with Gasteiger partial charge in [-0.05, 0) is 121 Å². The van der Waals surface area contributed by atoms with Gasteiger partial charge < -0.3 is 5.41 Å². The minimum atomic E-state index is 0.496. The fourth-order valence-electron chi connectivity index (χ4n) is 8.80. The zero-order valence-electron chi connectivity index (χ0n) is 24.9. The second-order valence-electron chi connectivity index (χ2n) is 13.2. The Labute approximate surface area is 253 Å². The van der Waals surface area contributed by atoms with Gasteiger partial charge in [0.05, 0.1) is 0 Å². The first-order chi connectivity index (χ1) is 20.8. The molecule has 1 aromatic carbocycles. The first-order valence-corrected chi connectivity index (χ1v) is 16.6. The molecule has 214 valence electrons. The molecule has 7 rings (SSSR count). The Balaban J connectivity index is 1.09. The Kier molecular flexibility index (Phi) is 8.10. The highest BCUT2D eigenvalue weighted by Crippen LogP contribution is 2.51. The van der Waals surface area contributed by atoms with E-state index in [1.807, 2.05) is 0 Å². The molecule has 0 saturated heterocycles. The lowest BCUT2D eigenvalue weighted by Gasteiger charge is -2.43. The van der Waals surface area contributed by atoms with Crippen LogP contribution in [0.5, 0.6) is 0 Å². The van der Waals surface area contributed by atoms with E-state index < -0.39 is 0 Å². The number of unbranched alkanes of at least 4 members (excludes halogenated alkanes) is 1. The first-order valence-electron chi connectivity index (χ1n) is 16.6. The van der Waals surface area contributed by atoms with Crippen LogP contribution in [0.15, 0.2) is 126 Å². The molecule has 1 aromatic rings. The third-order valence-electron chi connectivity index (χ3n) is 10.9. The molecule has 0 amide bonds.